The van der Waals surface area contributed by atoms with Crippen LogP contribution >= 0.6 is 0 Å². The first kappa shape index (κ1) is 16.6. The van der Waals surface area contributed by atoms with Crippen molar-refractivity contribution in [2.75, 3.05) is 6.54 Å². The number of para-hydroxylation sites is 1. The lowest BCUT2D eigenvalue weighted by atomic mass is 10.1. The summed E-state index contributed by atoms with van der Waals surface area (Å²) < 4.78 is 1.79. The van der Waals surface area contributed by atoms with E-state index in [1.165, 1.54) is 32.1 Å². The van der Waals surface area contributed by atoms with Crippen LogP contribution in [0.3, 0.4) is 0 Å². The Balaban J connectivity index is 1.53. The second-order valence-corrected chi connectivity index (χ2v) is 6.13. The lowest BCUT2D eigenvalue weighted by Crippen LogP contribution is -2.14. The first-order chi connectivity index (χ1) is 11.9. The van der Waals surface area contributed by atoms with Gasteiger partial charge in [-0.05, 0) is 25.1 Å². The van der Waals surface area contributed by atoms with E-state index >= 15 is 0 Å². The van der Waals surface area contributed by atoms with Crippen LogP contribution in [0.15, 0.2) is 42.7 Å². The summed E-state index contributed by atoms with van der Waals surface area (Å²) >= 11 is 0. The highest BCUT2D eigenvalue weighted by molar-refractivity contribution is 5.79. The van der Waals surface area contributed by atoms with Gasteiger partial charge in [0, 0.05) is 11.9 Å². The monoisotopic (exact) mass is 323 g/mol. The van der Waals surface area contributed by atoms with Crippen molar-refractivity contribution < 1.29 is 0 Å². The summed E-state index contributed by atoms with van der Waals surface area (Å²) in [7, 11) is 0. The van der Waals surface area contributed by atoms with E-state index < -0.39 is 0 Å². The van der Waals surface area contributed by atoms with Gasteiger partial charge in [0.05, 0.1) is 29.3 Å². The van der Waals surface area contributed by atoms with Gasteiger partial charge in [-0.25, -0.2) is 4.68 Å². The zero-order valence-corrected chi connectivity index (χ0v) is 14.3. The lowest BCUT2D eigenvalue weighted by Gasteiger charge is -2.02. The van der Waals surface area contributed by atoms with Crippen LogP contribution in [0.25, 0.3) is 16.6 Å². The van der Waals surface area contributed by atoms with E-state index in [4.69, 9.17) is 0 Å². The summed E-state index contributed by atoms with van der Waals surface area (Å²) in [6, 6.07) is 10.2. The Kier molecular flexibility index (Phi) is 5.90. The minimum atomic E-state index is 0.759. The highest BCUT2D eigenvalue weighted by atomic mass is 15.4. The number of nitrogens with zero attached hydrogens (tertiary/aromatic N) is 4. The molecule has 0 fully saturated rings. The molecule has 1 N–H and O–H groups in total. The highest BCUT2D eigenvalue weighted by Gasteiger charge is 2.04. The number of aromatic nitrogens is 4. The van der Waals surface area contributed by atoms with E-state index in [1.54, 1.807) is 4.68 Å². The Bertz CT molecular complexity index is 765. The minimum absolute atomic E-state index is 0.759. The van der Waals surface area contributed by atoms with Crippen LogP contribution in [0.2, 0.25) is 0 Å². The minimum Gasteiger partial charge on any atom is -0.311 e. The van der Waals surface area contributed by atoms with Gasteiger partial charge >= 0.3 is 0 Å². The Morgan fingerprint density at radius 1 is 1.08 bits per heavy atom. The molecule has 1 aromatic carbocycles. The summed E-state index contributed by atoms with van der Waals surface area (Å²) in [6.07, 6.45) is 10.3. The van der Waals surface area contributed by atoms with E-state index in [2.05, 4.69) is 39.7 Å². The van der Waals surface area contributed by atoms with Crippen molar-refractivity contribution in [1.29, 1.82) is 0 Å². The molecule has 3 aromatic rings. The number of hydrogen-bond acceptors (Lipinski definition) is 4. The third-order valence-corrected chi connectivity index (χ3v) is 4.14. The van der Waals surface area contributed by atoms with Crippen molar-refractivity contribution in [2.24, 2.45) is 0 Å². The molecule has 0 aliphatic carbocycles. The predicted octanol–water partition coefficient (Wildman–Crippen LogP) is 3.88. The summed E-state index contributed by atoms with van der Waals surface area (Å²) in [5.74, 6) is 0. The summed E-state index contributed by atoms with van der Waals surface area (Å²) in [4.78, 5) is 4.47. The Hall–Kier alpha value is -2.27. The third-order valence-electron chi connectivity index (χ3n) is 4.14. The molecule has 24 heavy (non-hydrogen) atoms. The van der Waals surface area contributed by atoms with Crippen molar-refractivity contribution in [3.8, 4) is 5.69 Å². The predicted molar refractivity (Wildman–Crippen MR) is 97.1 cm³/mol. The van der Waals surface area contributed by atoms with Gasteiger partial charge in [-0.15, -0.1) is 5.10 Å². The molecule has 0 saturated heterocycles. The first-order valence-electron chi connectivity index (χ1n) is 8.84. The maximum Gasteiger partial charge on any atom is 0.0969 e. The standard InChI is InChI=1S/C19H25N5/c1-2-3-4-5-8-11-20-13-17-15-24(23-22-17)18-12-16-9-6-7-10-19(16)21-14-18/h6-7,9-10,12,14-15,20H,2-5,8,11,13H2,1H3. The third kappa shape index (κ3) is 4.38. The number of pyridine rings is 1. The van der Waals surface area contributed by atoms with Crippen LogP contribution in [0.1, 0.15) is 44.7 Å². The van der Waals surface area contributed by atoms with Crippen molar-refractivity contribution in [3.05, 3.63) is 48.4 Å². The number of fused-ring (bicyclic) bond motifs is 1. The summed E-state index contributed by atoms with van der Waals surface area (Å²) in [5, 5.41) is 13.0. The van der Waals surface area contributed by atoms with Crippen molar-refractivity contribution in [1.82, 2.24) is 25.3 Å². The number of unbranched alkanes of at least 4 members (excludes halogenated alkanes) is 4. The van der Waals surface area contributed by atoms with E-state index in [0.29, 0.717) is 0 Å². The molecule has 0 aliphatic heterocycles. The van der Waals surface area contributed by atoms with Crippen molar-refractivity contribution in [3.63, 3.8) is 0 Å². The van der Waals surface area contributed by atoms with E-state index in [9.17, 15) is 0 Å². The van der Waals surface area contributed by atoms with Crippen LogP contribution in [-0.2, 0) is 6.54 Å². The summed E-state index contributed by atoms with van der Waals surface area (Å²) in [6.45, 7) is 4.04. The molecule has 0 unspecified atom stereocenters. The molecule has 0 spiro atoms. The molecule has 0 aliphatic rings. The van der Waals surface area contributed by atoms with E-state index in [0.717, 1.165) is 35.4 Å². The number of benzene rings is 1. The molecule has 0 bridgehead atoms. The maximum absolute atomic E-state index is 4.47. The largest absolute Gasteiger partial charge is 0.311 e. The van der Waals surface area contributed by atoms with Gasteiger partial charge in [-0.3, -0.25) is 4.98 Å². The zero-order valence-electron chi connectivity index (χ0n) is 14.3. The second kappa shape index (κ2) is 8.55. The molecule has 5 heteroatoms. The Morgan fingerprint density at radius 2 is 1.96 bits per heavy atom. The number of hydrogen-bond donors (Lipinski definition) is 1. The quantitative estimate of drug-likeness (QED) is 0.607. The van der Waals surface area contributed by atoms with Gasteiger partial charge in [-0.1, -0.05) is 56.0 Å². The maximum atomic E-state index is 4.47. The molecule has 0 amide bonds. The van der Waals surface area contributed by atoms with Crippen LogP contribution in [-0.4, -0.2) is 26.5 Å². The van der Waals surface area contributed by atoms with Crippen molar-refractivity contribution >= 4 is 10.9 Å². The van der Waals surface area contributed by atoms with Crippen LogP contribution < -0.4 is 5.32 Å². The smallest absolute Gasteiger partial charge is 0.0969 e. The second-order valence-electron chi connectivity index (χ2n) is 6.13. The number of rotatable bonds is 9. The Morgan fingerprint density at radius 3 is 2.88 bits per heavy atom. The average Bonchev–Trinajstić information content (AvgIpc) is 3.09. The average molecular weight is 323 g/mol. The molecule has 0 atom stereocenters. The van der Waals surface area contributed by atoms with E-state index in [-0.39, 0.29) is 0 Å². The zero-order chi connectivity index (χ0) is 16.6. The summed E-state index contributed by atoms with van der Waals surface area (Å²) in [5.41, 5.74) is 2.88. The molecule has 2 heterocycles. The van der Waals surface area contributed by atoms with Gasteiger partial charge in [0.25, 0.3) is 0 Å². The topological polar surface area (TPSA) is 55.6 Å². The fourth-order valence-corrected chi connectivity index (χ4v) is 2.76. The number of nitrogens with one attached hydrogen (secondary N) is 1. The molecule has 126 valence electrons. The molecule has 5 nitrogen and oxygen atoms in total. The van der Waals surface area contributed by atoms with Crippen LogP contribution in [0.5, 0.6) is 0 Å². The molecule has 2 aromatic heterocycles. The van der Waals surface area contributed by atoms with Gasteiger partial charge in [0.2, 0.25) is 0 Å². The highest BCUT2D eigenvalue weighted by Crippen LogP contribution is 2.15. The molecule has 0 saturated carbocycles. The molecule has 0 radical (unpaired) electrons. The van der Waals surface area contributed by atoms with Crippen LogP contribution in [0, 0.1) is 0 Å². The fraction of sp³-hybridized carbons (Fsp3) is 0.421. The van der Waals surface area contributed by atoms with Gasteiger partial charge in [0.1, 0.15) is 0 Å². The van der Waals surface area contributed by atoms with Gasteiger partial charge < -0.3 is 5.32 Å². The van der Waals surface area contributed by atoms with Gasteiger partial charge in [0.15, 0.2) is 0 Å². The van der Waals surface area contributed by atoms with Crippen molar-refractivity contribution in [2.45, 2.75) is 45.6 Å². The fourth-order valence-electron chi connectivity index (χ4n) is 2.76. The van der Waals surface area contributed by atoms with E-state index in [1.807, 2.05) is 30.6 Å². The van der Waals surface area contributed by atoms with Crippen LogP contribution in [0.4, 0.5) is 0 Å². The molecular formula is C19H25N5. The normalized spacial score (nSPS) is 11.2. The van der Waals surface area contributed by atoms with Gasteiger partial charge in [-0.2, -0.15) is 0 Å². The molecule has 3 rings (SSSR count). The lowest BCUT2D eigenvalue weighted by molar-refractivity contribution is 0.579. The first-order valence-corrected chi connectivity index (χ1v) is 8.84. The molecular weight excluding hydrogens is 298 g/mol. The Labute approximate surface area is 143 Å². The SMILES string of the molecule is CCCCCCCNCc1cn(-c2cnc3ccccc3c2)nn1.